The first-order valence-corrected chi connectivity index (χ1v) is 4.05. The second kappa shape index (κ2) is 4.48. The van der Waals surface area contributed by atoms with Crippen LogP contribution in [-0.4, -0.2) is 9.91 Å². The van der Waals surface area contributed by atoms with Crippen LogP contribution < -0.4 is 5.73 Å². The average molecular weight is 228 g/mol. The summed E-state index contributed by atoms with van der Waals surface area (Å²) in [5, 5.41) is 19.1. The second-order valence-corrected chi connectivity index (χ2v) is 2.82. The average Bonchev–Trinajstić information content (AvgIpc) is 2.17. The van der Waals surface area contributed by atoms with E-state index in [1.165, 1.54) is 0 Å². The topological polar surface area (TPSA) is 106 Å². The van der Waals surface area contributed by atoms with Gasteiger partial charge in [0.1, 0.15) is 11.4 Å². The van der Waals surface area contributed by atoms with Gasteiger partial charge in [0.25, 0.3) is 12.1 Å². The Balaban J connectivity index is 3.51. The van der Waals surface area contributed by atoms with Crippen molar-refractivity contribution in [3.63, 3.8) is 0 Å². The molecule has 0 spiro atoms. The molecule has 0 atom stereocenters. The largest absolute Gasteiger partial charge is 0.392 e. The van der Waals surface area contributed by atoms with Gasteiger partial charge in [-0.3, -0.25) is 15.1 Å². The minimum atomic E-state index is -2.98. The SMILES string of the molecule is N#CCc1c(C(F)F)ncc(N)c1[N+](=O)[O-]. The van der Waals surface area contributed by atoms with Gasteiger partial charge in [-0.1, -0.05) is 0 Å². The highest BCUT2D eigenvalue weighted by molar-refractivity contribution is 5.63. The Bertz CT molecular complexity index is 470. The monoisotopic (exact) mass is 228 g/mol. The number of nitrogen functional groups attached to an aromatic ring is 1. The molecule has 0 radical (unpaired) electrons. The Morgan fingerprint density at radius 1 is 1.69 bits per heavy atom. The second-order valence-electron chi connectivity index (χ2n) is 2.82. The normalized spacial score (nSPS) is 10.1. The van der Waals surface area contributed by atoms with Gasteiger partial charge >= 0.3 is 0 Å². The van der Waals surface area contributed by atoms with Crippen LogP contribution in [0.15, 0.2) is 6.20 Å². The van der Waals surface area contributed by atoms with Gasteiger partial charge in [0.05, 0.1) is 29.2 Å². The molecule has 0 unspecified atom stereocenters. The zero-order valence-corrected chi connectivity index (χ0v) is 7.85. The lowest BCUT2D eigenvalue weighted by molar-refractivity contribution is -0.384. The number of hydrogen-bond acceptors (Lipinski definition) is 5. The summed E-state index contributed by atoms with van der Waals surface area (Å²) in [5.74, 6) is 0. The van der Waals surface area contributed by atoms with Crippen LogP contribution in [0.4, 0.5) is 20.2 Å². The molecular weight excluding hydrogens is 222 g/mol. The first kappa shape index (κ1) is 11.8. The number of hydrogen-bond donors (Lipinski definition) is 1. The zero-order valence-electron chi connectivity index (χ0n) is 7.85. The predicted molar refractivity (Wildman–Crippen MR) is 49.6 cm³/mol. The molecule has 0 amide bonds. The molecule has 2 N–H and O–H groups in total. The third-order valence-electron chi connectivity index (χ3n) is 1.86. The molecule has 16 heavy (non-hydrogen) atoms. The minimum Gasteiger partial charge on any atom is -0.392 e. The molecule has 0 aliphatic rings. The molecule has 8 heteroatoms. The Hall–Kier alpha value is -2.30. The maximum atomic E-state index is 12.5. The Labute approximate surface area is 88.5 Å². The molecule has 1 aromatic heterocycles. The van der Waals surface area contributed by atoms with E-state index in [2.05, 4.69) is 4.98 Å². The fourth-order valence-electron chi connectivity index (χ4n) is 1.23. The molecule has 0 saturated heterocycles. The zero-order chi connectivity index (χ0) is 12.3. The number of rotatable bonds is 3. The summed E-state index contributed by atoms with van der Waals surface area (Å²) in [5.41, 5.74) is 3.05. The number of nitrogens with two attached hydrogens (primary N) is 1. The number of pyridine rings is 1. The summed E-state index contributed by atoms with van der Waals surface area (Å²) in [4.78, 5) is 13.1. The van der Waals surface area contributed by atoms with Gasteiger partial charge in [0.15, 0.2) is 0 Å². The summed E-state index contributed by atoms with van der Waals surface area (Å²) < 4.78 is 25.0. The third-order valence-corrected chi connectivity index (χ3v) is 1.86. The highest BCUT2D eigenvalue weighted by Crippen LogP contribution is 2.32. The van der Waals surface area contributed by atoms with Crippen molar-refractivity contribution in [1.29, 1.82) is 5.26 Å². The van der Waals surface area contributed by atoms with Crippen molar-refractivity contribution in [3.05, 3.63) is 27.6 Å². The van der Waals surface area contributed by atoms with Crippen molar-refractivity contribution in [3.8, 4) is 6.07 Å². The van der Waals surface area contributed by atoms with Crippen LogP contribution >= 0.6 is 0 Å². The molecule has 0 aromatic carbocycles. The molecule has 6 nitrogen and oxygen atoms in total. The van der Waals surface area contributed by atoms with Crippen molar-refractivity contribution < 1.29 is 13.7 Å². The summed E-state index contributed by atoms with van der Waals surface area (Å²) in [7, 11) is 0. The van der Waals surface area contributed by atoms with Crippen LogP contribution in [-0.2, 0) is 6.42 Å². The van der Waals surface area contributed by atoms with Crippen molar-refractivity contribution >= 4 is 11.4 Å². The van der Waals surface area contributed by atoms with Crippen LogP contribution in [0.2, 0.25) is 0 Å². The van der Waals surface area contributed by atoms with Crippen molar-refractivity contribution in [1.82, 2.24) is 4.98 Å². The van der Waals surface area contributed by atoms with Crippen molar-refractivity contribution in [2.45, 2.75) is 12.8 Å². The lowest BCUT2D eigenvalue weighted by Gasteiger charge is -2.07. The van der Waals surface area contributed by atoms with Gasteiger partial charge in [-0.05, 0) is 0 Å². The van der Waals surface area contributed by atoms with Gasteiger partial charge in [0, 0.05) is 0 Å². The van der Waals surface area contributed by atoms with E-state index in [9.17, 15) is 18.9 Å². The Morgan fingerprint density at radius 2 is 2.31 bits per heavy atom. The third kappa shape index (κ3) is 2.03. The minimum absolute atomic E-state index is 0.334. The van der Waals surface area contributed by atoms with Gasteiger partial charge < -0.3 is 5.73 Å². The molecule has 0 aliphatic carbocycles. The quantitative estimate of drug-likeness (QED) is 0.624. The molecule has 0 aliphatic heterocycles. The number of nitrogens with zero attached hydrogens (tertiary/aromatic N) is 3. The van der Waals surface area contributed by atoms with E-state index < -0.39 is 34.7 Å². The smallest absolute Gasteiger partial charge is 0.299 e. The molecule has 1 rings (SSSR count). The Kier molecular flexibility index (Phi) is 3.30. The molecule has 1 aromatic rings. The fraction of sp³-hybridized carbons (Fsp3) is 0.250. The molecule has 0 bridgehead atoms. The first-order valence-electron chi connectivity index (χ1n) is 4.05. The summed E-state index contributed by atoms with van der Waals surface area (Å²) >= 11 is 0. The first-order chi connectivity index (χ1) is 7.49. The highest BCUT2D eigenvalue weighted by Gasteiger charge is 2.26. The maximum absolute atomic E-state index is 12.5. The molecule has 84 valence electrons. The molecular formula is C8H6F2N4O2. The van der Waals surface area contributed by atoms with E-state index >= 15 is 0 Å². The number of nitro groups is 1. The van der Waals surface area contributed by atoms with Crippen LogP contribution in [0.25, 0.3) is 0 Å². The van der Waals surface area contributed by atoms with Crippen molar-refractivity contribution in [2.75, 3.05) is 5.73 Å². The van der Waals surface area contributed by atoms with E-state index in [0.29, 0.717) is 0 Å². The molecule has 0 saturated carbocycles. The van der Waals surface area contributed by atoms with E-state index in [4.69, 9.17) is 11.0 Å². The predicted octanol–water partition coefficient (Wildman–Crippen LogP) is 1.58. The van der Waals surface area contributed by atoms with Crippen LogP contribution in [0.3, 0.4) is 0 Å². The number of alkyl halides is 2. The van der Waals surface area contributed by atoms with E-state index in [1.54, 1.807) is 6.07 Å². The van der Waals surface area contributed by atoms with E-state index in [-0.39, 0.29) is 5.69 Å². The standard InChI is InChI=1S/C8H6F2N4O2/c9-8(10)6-4(1-2-11)7(14(15)16)5(12)3-13-6/h3,8H,1,12H2. The van der Waals surface area contributed by atoms with Crippen LogP contribution in [0.5, 0.6) is 0 Å². The number of aromatic nitrogens is 1. The summed E-state index contributed by atoms with van der Waals surface area (Å²) in [6.45, 7) is 0. The van der Waals surface area contributed by atoms with Gasteiger partial charge in [-0.2, -0.15) is 5.26 Å². The summed E-state index contributed by atoms with van der Waals surface area (Å²) in [6, 6.07) is 1.57. The number of nitriles is 1. The maximum Gasteiger partial charge on any atom is 0.299 e. The highest BCUT2D eigenvalue weighted by atomic mass is 19.3. The molecule has 0 fully saturated rings. The van der Waals surface area contributed by atoms with Gasteiger partial charge in [-0.25, -0.2) is 8.78 Å². The summed E-state index contributed by atoms with van der Waals surface area (Å²) in [6.07, 6.45) is -2.73. The fourth-order valence-corrected chi connectivity index (χ4v) is 1.23. The lowest BCUT2D eigenvalue weighted by Crippen LogP contribution is -2.06. The van der Waals surface area contributed by atoms with Crippen LogP contribution in [0, 0.1) is 21.4 Å². The molecule has 1 heterocycles. The van der Waals surface area contributed by atoms with Crippen LogP contribution in [0.1, 0.15) is 17.7 Å². The van der Waals surface area contributed by atoms with Crippen molar-refractivity contribution in [2.24, 2.45) is 0 Å². The van der Waals surface area contributed by atoms with Gasteiger partial charge in [-0.15, -0.1) is 0 Å². The van der Waals surface area contributed by atoms with Gasteiger partial charge in [0.2, 0.25) is 0 Å². The lowest BCUT2D eigenvalue weighted by atomic mass is 10.1. The Morgan fingerprint density at radius 3 is 2.75 bits per heavy atom. The number of anilines is 1. The number of halogens is 2. The van der Waals surface area contributed by atoms with E-state index in [1.807, 2.05) is 0 Å². The van der Waals surface area contributed by atoms with E-state index in [0.717, 1.165) is 6.20 Å².